The number of aliphatic hydroxyl groups excluding tert-OH is 1. The van der Waals surface area contributed by atoms with Crippen LogP contribution in [0, 0.1) is 5.92 Å². The highest BCUT2D eigenvalue weighted by Crippen LogP contribution is 2.34. The smallest absolute Gasteiger partial charge is 0.306 e. The average molecular weight is 182 g/mol. The third-order valence-electron chi connectivity index (χ3n) is 2.68. The normalized spacial score (nSPS) is 44.2. The zero-order valence-corrected chi connectivity index (χ0v) is 7.18. The van der Waals surface area contributed by atoms with Gasteiger partial charge >= 0.3 is 5.97 Å². The molecule has 70 valence electrons. The van der Waals surface area contributed by atoms with Gasteiger partial charge in [-0.3, -0.25) is 4.79 Å². The summed E-state index contributed by atoms with van der Waals surface area (Å²) in [6.45, 7) is -0.0631. The van der Waals surface area contributed by atoms with E-state index in [1.54, 1.807) is 0 Å². The summed E-state index contributed by atoms with van der Waals surface area (Å²) in [6.07, 6.45) is 0.461. The summed E-state index contributed by atoms with van der Waals surface area (Å²) in [5.74, 6) is -0.156. The van der Waals surface area contributed by atoms with Crippen LogP contribution in [0.2, 0.25) is 0 Å². The first kappa shape index (κ1) is 9.03. The van der Waals surface area contributed by atoms with E-state index in [9.17, 15) is 4.79 Å². The lowest BCUT2D eigenvalue weighted by molar-refractivity contribution is -0.156. The number of fused-ring (bicyclic) bond motifs is 1. The molecule has 0 aliphatic carbocycles. The first-order valence-corrected chi connectivity index (χ1v) is 4.43. The second kappa shape index (κ2) is 3.31. The molecular weight excluding hydrogens is 171 g/mol. The van der Waals surface area contributed by atoms with Crippen molar-refractivity contribution in [3.63, 3.8) is 0 Å². The maximum atomic E-state index is 11.0. The SMILES string of the molecule is [B][C@@H]1O[C@H](CO)C2CCC(=O)O[C@@H]21. The van der Waals surface area contributed by atoms with Crippen LogP contribution in [0.3, 0.4) is 0 Å². The monoisotopic (exact) mass is 182 g/mol. The lowest BCUT2D eigenvalue weighted by Crippen LogP contribution is -2.38. The van der Waals surface area contributed by atoms with E-state index in [0.29, 0.717) is 12.8 Å². The molecule has 0 aromatic carbocycles. The van der Waals surface area contributed by atoms with E-state index < -0.39 is 6.00 Å². The number of carbonyl (C=O) groups excluding carboxylic acids is 1. The van der Waals surface area contributed by atoms with Gasteiger partial charge in [0.25, 0.3) is 0 Å². The summed E-state index contributed by atoms with van der Waals surface area (Å²) in [5, 5.41) is 8.97. The van der Waals surface area contributed by atoms with Crippen LogP contribution < -0.4 is 0 Å². The molecule has 5 heteroatoms. The highest BCUT2D eigenvalue weighted by atomic mass is 16.6. The molecule has 2 heterocycles. The van der Waals surface area contributed by atoms with E-state index in [-0.39, 0.29) is 30.7 Å². The van der Waals surface area contributed by atoms with Crippen molar-refractivity contribution in [2.45, 2.75) is 31.1 Å². The minimum Gasteiger partial charge on any atom is -0.460 e. The first-order chi connectivity index (χ1) is 6.22. The minimum absolute atomic E-state index is 0.0631. The van der Waals surface area contributed by atoms with Gasteiger partial charge in [0.15, 0.2) is 0 Å². The molecule has 2 fully saturated rings. The van der Waals surface area contributed by atoms with E-state index >= 15 is 0 Å². The Balaban J connectivity index is 2.09. The lowest BCUT2D eigenvalue weighted by atomic mass is 9.83. The number of hydrogen-bond donors (Lipinski definition) is 1. The van der Waals surface area contributed by atoms with Gasteiger partial charge in [-0.05, 0) is 6.42 Å². The third kappa shape index (κ3) is 1.46. The Morgan fingerprint density at radius 2 is 2.38 bits per heavy atom. The predicted molar refractivity (Wildman–Crippen MR) is 44.1 cm³/mol. The molecule has 0 spiro atoms. The molecule has 2 aliphatic heterocycles. The summed E-state index contributed by atoms with van der Waals surface area (Å²) < 4.78 is 10.3. The first-order valence-electron chi connectivity index (χ1n) is 4.43. The van der Waals surface area contributed by atoms with Crippen LogP contribution in [0.1, 0.15) is 12.8 Å². The minimum atomic E-state index is -0.577. The molecule has 0 saturated carbocycles. The van der Waals surface area contributed by atoms with Crippen molar-refractivity contribution in [3.8, 4) is 0 Å². The summed E-state index contributed by atoms with van der Waals surface area (Å²) >= 11 is 0. The summed E-state index contributed by atoms with van der Waals surface area (Å²) in [5.41, 5.74) is 0. The fraction of sp³-hybridized carbons (Fsp3) is 0.875. The Morgan fingerprint density at radius 3 is 3.08 bits per heavy atom. The highest BCUT2D eigenvalue weighted by molar-refractivity contribution is 6.11. The van der Waals surface area contributed by atoms with Gasteiger partial charge in [-0.25, -0.2) is 0 Å². The van der Waals surface area contributed by atoms with Gasteiger partial charge < -0.3 is 14.6 Å². The lowest BCUT2D eigenvalue weighted by Gasteiger charge is -2.27. The van der Waals surface area contributed by atoms with Crippen LogP contribution in [0.4, 0.5) is 0 Å². The second-order valence-corrected chi connectivity index (χ2v) is 3.48. The molecule has 13 heavy (non-hydrogen) atoms. The van der Waals surface area contributed by atoms with Crippen molar-refractivity contribution in [2.75, 3.05) is 6.61 Å². The highest BCUT2D eigenvalue weighted by Gasteiger charge is 2.46. The molecule has 0 aromatic heterocycles. The van der Waals surface area contributed by atoms with E-state index in [1.165, 1.54) is 0 Å². The number of carbonyl (C=O) groups is 1. The Kier molecular flexibility index (Phi) is 2.30. The van der Waals surface area contributed by atoms with Crippen LogP contribution in [0.25, 0.3) is 0 Å². The number of aliphatic hydroxyl groups is 1. The molecule has 0 aromatic rings. The van der Waals surface area contributed by atoms with Crippen molar-refractivity contribution >= 4 is 13.8 Å². The second-order valence-electron chi connectivity index (χ2n) is 3.48. The Hall–Kier alpha value is -0.545. The maximum Gasteiger partial charge on any atom is 0.306 e. The number of hydrogen-bond acceptors (Lipinski definition) is 4. The molecule has 1 unspecified atom stereocenters. The van der Waals surface area contributed by atoms with Crippen LogP contribution in [-0.4, -0.2) is 43.7 Å². The van der Waals surface area contributed by atoms with Crippen LogP contribution in [0.15, 0.2) is 0 Å². The molecule has 2 rings (SSSR count). The number of rotatable bonds is 1. The van der Waals surface area contributed by atoms with Crippen molar-refractivity contribution in [1.82, 2.24) is 0 Å². The fourth-order valence-corrected chi connectivity index (χ4v) is 2.01. The average Bonchev–Trinajstić information content (AvgIpc) is 2.43. The Bertz CT molecular complexity index is 220. The Labute approximate surface area is 77.6 Å². The van der Waals surface area contributed by atoms with Gasteiger partial charge in [-0.2, -0.15) is 0 Å². The van der Waals surface area contributed by atoms with Crippen LogP contribution in [-0.2, 0) is 14.3 Å². The molecule has 2 aliphatic rings. The summed E-state index contributed by atoms with van der Waals surface area (Å²) in [6, 6.07) is -0.577. The standard InChI is InChI=1S/C8H11BO4/c9-8-7-4(5(3-10)12-8)1-2-6(11)13-7/h4-5,7-8,10H,1-3H2/t4?,5-,7+,8-/m1/s1. The molecule has 4 nitrogen and oxygen atoms in total. The third-order valence-corrected chi connectivity index (χ3v) is 2.68. The molecule has 4 atom stereocenters. The van der Waals surface area contributed by atoms with Gasteiger partial charge in [0, 0.05) is 12.3 Å². The molecule has 1 N–H and O–H groups in total. The van der Waals surface area contributed by atoms with Crippen molar-refractivity contribution in [2.24, 2.45) is 5.92 Å². The molecular formula is C8H11BO4. The topological polar surface area (TPSA) is 55.8 Å². The van der Waals surface area contributed by atoms with E-state index in [0.717, 1.165) is 0 Å². The summed E-state index contributed by atoms with van der Waals surface area (Å²) in [4.78, 5) is 11.0. The molecule has 2 radical (unpaired) electrons. The number of esters is 1. The molecule has 0 amide bonds. The van der Waals surface area contributed by atoms with Gasteiger partial charge in [0.2, 0.25) is 0 Å². The van der Waals surface area contributed by atoms with E-state index in [1.807, 2.05) is 0 Å². The van der Waals surface area contributed by atoms with E-state index in [4.69, 9.17) is 22.4 Å². The zero-order chi connectivity index (χ0) is 9.42. The van der Waals surface area contributed by atoms with Gasteiger partial charge in [-0.15, -0.1) is 0 Å². The van der Waals surface area contributed by atoms with Gasteiger partial charge in [0.05, 0.1) is 18.7 Å². The Morgan fingerprint density at radius 1 is 1.62 bits per heavy atom. The molecule has 2 saturated heterocycles. The summed E-state index contributed by atoms with van der Waals surface area (Å²) in [7, 11) is 5.61. The largest absolute Gasteiger partial charge is 0.460 e. The van der Waals surface area contributed by atoms with Gasteiger partial charge in [-0.1, -0.05) is 0 Å². The van der Waals surface area contributed by atoms with Crippen molar-refractivity contribution < 1.29 is 19.4 Å². The quantitative estimate of drug-likeness (QED) is 0.425. The van der Waals surface area contributed by atoms with Crippen molar-refractivity contribution in [3.05, 3.63) is 0 Å². The number of ether oxygens (including phenoxy) is 2. The van der Waals surface area contributed by atoms with Crippen molar-refractivity contribution in [1.29, 1.82) is 0 Å². The van der Waals surface area contributed by atoms with E-state index in [2.05, 4.69) is 0 Å². The predicted octanol–water partition coefficient (Wildman–Crippen LogP) is -0.806. The maximum absolute atomic E-state index is 11.0. The molecule has 0 bridgehead atoms. The fourth-order valence-electron chi connectivity index (χ4n) is 2.01. The zero-order valence-electron chi connectivity index (χ0n) is 7.18. The van der Waals surface area contributed by atoms with Crippen LogP contribution in [0.5, 0.6) is 0 Å². The van der Waals surface area contributed by atoms with Gasteiger partial charge in [0.1, 0.15) is 14.0 Å². The van der Waals surface area contributed by atoms with Crippen LogP contribution >= 0.6 is 0 Å².